The molecule has 3 amide bonds. The minimum absolute atomic E-state index is 0.00632. The maximum atomic E-state index is 11.6. The molecule has 0 heterocycles. The molecule has 0 aliphatic rings. The molecule has 0 fully saturated rings. The number of carbonyl (C=O) groups is 3. The fourth-order valence-corrected chi connectivity index (χ4v) is 1.28. The van der Waals surface area contributed by atoms with Crippen LogP contribution in [0.4, 0.5) is 4.79 Å². The third-order valence-corrected chi connectivity index (χ3v) is 2.79. The summed E-state index contributed by atoms with van der Waals surface area (Å²) in [6.45, 7) is 7.81. The third kappa shape index (κ3) is 6.08. The number of carboxylic acids is 1. The molecule has 0 aliphatic carbocycles. The highest BCUT2D eigenvalue weighted by Gasteiger charge is 2.27. The number of urea groups is 1. The summed E-state index contributed by atoms with van der Waals surface area (Å²) in [6.07, 6.45) is 0. The van der Waals surface area contributed by atoms with Crippen LogP contribution in [0.3, 0.4) is 0 Å². The summed E-state index contributed by atoms with van der Waals surface area (Å²) in [5, 5.41) is 13.7. The molecule has 0 aromatic carbocycles. The summed E-state index contributed by atoms with van der Waals surface area (Å²) in [5.74, 6) is -1.16. The Bertz CT molecular complexity index is 338. The predicted molar refractivity (Wildman–Crippen MR) is 70.7 cm³/mol. The van der Waals surface area contributed by atoms with Crippen LogP contribution in [-0.2, 0) is 9.59 Å². The van der Waals surface area contributed by atoms with Crippen LogP contribution in [0.5, 0.6) is 0 Å². The highest BCUT2D eigenvalue weighted by molar-refractivity contribution is 5.84. The van der Waals surface area contributed by atoms with Gasteiger partial charge in [-0.1, -0.05) is 0 Å². The SMILES string of the molecule is CCN(CC)C(=O)CNC(=O)NCC(C)(C)C(=O)O. The highest BCUT2D eigenvalue weighted by Crippen LogP contribution is 2.12. The molecule has 0 aromatic rings. The lowest BCUT2D eigenvalue weighted by molar-refractivity contribution is -0.146. The van der Waals surface area contributed by atoms with Gasteiger partial charge >= 0.3 is 12.0 Å². The average Bonchev–Trinajstić information content (AvgIpc) is 2.35. The summed E-state index contributed by atoms with van der Waals surface area (Å²) in [6, 6.07) is -0.546. The Balaban J connectivity index is 4.07. The van der Waals surface area contributed by atoms with Crippen molar-refractivity contribution < 1.29 is 19.5 Å². The van der Waals surface area contributed by atoms with Gasteiger partial charge in [0.2, 0.25) is 5.91 Å². The number of aliphatic carboxylic acids is 1. The Morgan fingerprint density at radius 2 is 1.63 bits per heavy atom. The number of nitrogens with one attached hydrogen (secondary N) is 2. The van der Waals surface area contributed by atoms with Crippen molar-refractivity contribution >= 4 is 17.9 Å². The van der Waals surface area contributed by atoms with Gasteiger partial charge in [0.25, 0.3) is 0 Å². The van der Waals surface area contributed by atoms with Crippen LogP contribution in [0.25, 0.3) is 0 Å². The van der Waals surface area contributed by atoms with Gasteiger partial charge in [0.15, 0.2) is 0 Å². The quantitative estimate of drug-likeness (QED) is 0.620. The van der Waals surface area contributed by atoms with Crippen molar-refractivity contribution in [3.63, 3.8) is 0 Å². The molecule has 110 valence electrons. The molecule has 0 aromatic heterocycles. The number of nitrogens with zero attached hydrogens (tertiary/aromatic N) is 1. The molecule has 0 saturated heterocycles. The van der Waals surface area contributed by atoms with E-state index in [1.807, 2.05) is 13.8 Å². The van der Waals surface area contributed by atoms with Gasteiger partial charge < -0.3 is 20.6 Å². The second-order valence-electron chi connectivity index (χ2n) is 4.79. The van der Waals surface area contributed by atoms with E-state index in [-0.39, 0.29) is 19.0 Å². The number of carboxylic acid groups (broad SMARTS) is 1. The van der Waals surface area contributed by atoms with Crippen molar-refractivity contribution in [1.29, 1.82) is 0 Å². The Kier molecular flexibility index (Phi) is 6.89. The van der Waals surface area contributed by atoms with Gasteiger partial charge in [-0.15, -0.1) is 0 Å². The van der Waals surface area contributed by atoms with Crippen LogP contribution < -0.4 is 10.6 Å². The van der Waals surface area contributed by atoms with E-state index in [1.54, 1.807) is 4.90 Å². The average molecular weight is 273 g/mol. The highest BCUT2D eigenvalue weighted by atomic mass is 16.4. The van der Waals surface area contributed by atoms with E-state index in [2.05, 4.69) is 10.6 Å². The minimum atomic E-state index is -1.04. The Labute approximate surface area is 113 Å². The Morgan fingerprint density at radius 1 is 1.11 bits per heavy atom. The van der Waals surface area contributed by atoms with Crippen LogP contribution in [-0.4, -0.2) is 54.1 Å². The maximum Gasteiger partial charge on any atom is 0.315 e. The minimum Gasteiger partial charge on any atom is -0.481 e. The lowest BCUT2D eigenvalue weighted by Crippen LogP contribution is -2.47. The van der Waals surface area contributed by atoms with Gasteiger partial charge in [0, 0.05) is 19.6 Å². The predicted octanol–water partition coefficient (Wildman–Crippen LogP) is 0.265. The molecular weight excluding hydrogens is 250 g/mol. The van der Waals surface area contributed by atoms with E-state index in [1.165, 1.54) is 13.8 Å². The largest absolute Gasteiger partial charge is 0.481 e. The fourth-order valence-electron chi connectivity index (χ4n) is 1.28. The van der Waals surface area contributed by atoms with Crippen molar-refractivity contribution in [2.75, 3.05) is 26.2 Å². The first-order chi connectivity index (χ1) is 8.74. The molecule has 0 unspecified atom stereocenters. The summed E-state index contributed by atoms with van der Waals surface area (Å²) in [4.78, 5) is 35.5. The molecular formula is C12H23N3O4. The summed E-state index contributed by atoms with van der Waals surface area (Å²) in [5.41, 5.74) is -1.04. The summed E-state index contributed by atoms with van der Waals surface area (Å²) in [7, 11) is 0. The van der Waals surface area contributed by atoms with Crippen molar-refractivity contribution in [3.8, 4) is 0 Å². The molecule has 0 bridgehead atoms. The van der Waals surface area contributed by atoms with Gasteiger partial charge in [-0.3, -0.25) is 9.59 Å². The van der Waals surface area contributed by atoms with Gasteiger partial charge in [0.1, 0.15) is 0 Å². The van der Waals surface area contributed by atoms with Gasteiger partial charge in [-0.25, -0.2) is 4.79 Å². The number of amides is 3. The summed E-state index contributed by atoms with van der Waals surface area (Å²) >= 11 is 0. The Morgan fingerprint density at radius 3 is 2.05 bits per heavy atom. The van der Waals surface area contributed by atoms with E-state index in [0.717, 1.165) is 0 Å². The van der Waals surface area contributed by atoms with Gasteiger partial charge in [-0.05, 0) is 27.7 Å². The number of hydrogen-bond donors (Lipinski definition) is 3. The van der Waals surface area contributed by atoms with Crippen molar-refractivity contribution in [2.24, 2.45) is 5.41 Å². The van der Waals surface area contributed by atoms with Gasteiger partial charge in [0.05, 0.1) is 12.0 Å². The second-order valence-corrected chi connectivity index (χ2v) is 4.79. The zero-order chi connectivity index (χ0) is 15.1. The van der Waals surface area contributed by atoms with E-state index >= 15 is 0 Å². The molecule has 0 atom stereocenters. The normalized spacial score (nSPS) is 10.7. The van der Waals surface area contributed by atoms with Crippen molar-refractivity contribution in [1.82, 2.24) is 15.5 Å². The van der Waals surface area contributed by atoms with Crippen LogP contribution in [0, 0.1) is 5.41 Å². The second kappa shape index (κ2) is 7.60. The van der Waals surface area contributed by atoms with E-state index < -0.39 is 17.4 Å². The van der Waals surface area contributed by atoms with Gasteiger partial charge in [-0.2, -0.15) is 0 Å². The van der Waals surface area contributed by atoms with Crippen LogP contribution in [0.15, 0.2) is 0 Å². The van der Waals surface area contributed by atoms with E-state index in [4.69, 9.17) is 5.11 Å². The van der Waals surface area contributed by atoms with E-state index in [9.17, 15) is 14.4 Å². The molecule has 0 aliphatic heterocycles. The fraction of sp³-hybridized carbons (Fsp3) is 0.750. The zero-order valence-electron chi connectivity index (χ0n) is 11.9. The monoisotopic (exact) mass is 273 g/mol. The standard InChI is InChI=1S/C12H23N3O4/c1-5-15(6-2)9(16)7-13-11(19)14-8-12(3,4)10(17)18/h5-8H2,1-4H3,(H,17,18)(H2,13,14,19). The van der Waals surface area contributed by atoms with E-state index in [0.29, 0.717) is 13.1 Å². The first kappa shape index (κ1) is 17.2. The zero-order valence-corrected chi connectivity index (χ0v) is 11.9. The maximum absolute atomic E-state index is 11.6. The first-order valence-electron chi connectivity index (χ1n) is 6.27. The van der Waals surface area contributed by atoms with Crippen LogP contribution in [0.2, 0.25) is 0 Å². The van der Waals surface area contributed by atoms with Crippen LogP contribution >= 0.6 is 0 Å². The third-order valence-electron chi connectivity index (χ3n) is 2.79. The molecule has 0 spiro atoms. The topological polar surface area (TPSA) is 98.7 Å². The lowest BCUT2D eigenvalue weighted by atomic mass is 9.94. The summed E-state index contributed by atoms with van der Waals surface area (Å²) < 4.78 is 0. The lowest BCUT2D eigenvalue weighted by Gasteiger charge is -2.21. The number of rotatable bonds is 7. The number of hydrogen-bond acceptors (Lipinski definition) is 3. The smallest absolute Gasteiger partial charge is 0.315 e. The molecule has 3 N–H and O–H groups in total. The molecule has 7 nitrogen and oxygen atoms in total. The molecule has 0 radical (unpaired) electrons. The van der Waals surface area contributed by atoms with Crippen LogP contribution in [0.1, 0.15) is 27.7 Å². The first-order valence-corrected chi connectivity index (χ1v) is 6.27. The Hall–Kier alpha value is -1.79. The number of likely N-dealkylation sites (N-methyl/N-ethyl adjacent to an activating group) is 1. The van der Waals surface area contributed by atoms with Crippen molar-refractivity contribution in [2.45, 2.75) is 27.7 Å². The molecule has 7 heteroatoms. The van der Waals surface area contributed by atoms with Crippen molar-refractivity contribution in [3.05, 3.63) is 0 Å². The molecule has 19 heavy (non-hydrogen) atoms. The molecule has 0 rings (SSSR count). The molecule has 0 saturated carbocycles. The number of carbonyl (C=O) groups excluding carboxylic acids is 2.